The molecule has 2 aliphatic carbocycles. The molecule has 16 nitrogen and oxygen atoms in total. The summed E-state index contributed by atoms with van der Waals surface area (Å²) < 4.78 is 66.4. The van der Waals surface area contributed by atoms with Gasteiger partial charge in [0.25, 0.3) is 11.8 Å². The number of pyridine rings is 2. The molecule has 3 heterocycles. The molecular formula is C51H39Cl3F4N10O6. The van der Waals surface area contributed by atoms with E-state index in [0.29, 0.717) is 76.4 Å². The highest BCUT2D eigenvalue weighted by molar-refractivity contribution is 6.31. The average Bonchev–Trinajstić information content (AvgIpc) is 4.18. The van der Waals surface area contributed by atoms with Crippen molar-refractivity contribution in [3.8, 4) is 12.1 Å². The molecule has 2 aliphatic rings. The fraction of sp³-hybridized carbons (Fsp3) is 0.157. The van der Waals surface area contributed by atoms with Crippen molar-refractivity contribution < 1.29 is 46.2 Å². The van der Waals surface area contributed by atoms with Crippen molar-refractivity contribution in [1.82, 2.24) is 24.8 Å². The topological polar surface area (TPSA) is 240 Å². The second kappa shape index (κ2) is 25.3. The summed E-state index contributed by atoms with van der Waals surface area (Å²) in [4.78, 5) is 60.7. The summed E-state index contributed by atoms with van der Waals surface area (Å²) in [6, 6.07) is 25.3. The average molecular weight is 1070 g/mol. The summed E-state index contributed by atoms with van der Waals surface area (Å²) >= 11 is 11.4. The number of benzene rings is 4. The van der Waals surface area contributed by atoms with E-state index in [1.54, 1.807) is 30.3 Å². The van der Waals surface area contributed by atoms with Crippen LogP contribution in [0.2, 0.25) is 10.0 Å². The number of anilines is 2. The maximum Gasteiger partial charge on any atom is 0.419 e. The van der Waals surface area contributed by atoms with E-state index in [9.17, 15) is 36.7 Å². The Kier molecular flexibility index (Phi) is 18.8. The maximum absolute atomic E-state index is 14.7. The molecular weight excluding hydrogens is 1030 g/mol. The number of hydrogen-bond donors (Lipinski definition) is 4. The summed E-state index contributed by atoms with van der Waals surface area (Å²) in [5.74, 6) is -3.02. The van der Waals surface area contributed by atoms with E-state index < -0.39 is 47.5 Å². The van der Waals surface area contributed by atoms with E-state index in [-0.39, 0.29) is 64.3 Å². The van der Waals surface area contributed by atoms with Crippen molar-refractivity contribution in [3.63, 3.8) is 0 Å². The molecule has 3 aromatic heterocycles. The predicted molar refractivity (Wildman–Crippen MR) is 264 cm³/mol. The van der Waals surface area contributed by atoms with Gasteiger partial charge in [0.2, 0.25) is 0 Å². The zero-order valence-corrected chi connectivity index (χ0v) is 40.6. The van der Waals surface area contributed by atoms with Crippen LogP contribution in [0.5, 0.6) is 0 Å². The van der Waals surface area contributed by atoms with Crippen LogP contribution in [0.4, 0.5) is 38.5 Å². The van der Waals surface area contributed by atoms with Crippen molar-refractivity contribution in [2.75, 3.05) is 10.6 Å². The van der Waals surface area contributed by atoms with Crippen LogP contribution < -0.4 is 21.7 Å². The first-order valence-corrected chi connectivity index (χ1v) is 22.6. The number of carbonyl (C=O) groups is 4. The first kappa shape index (κ1) is 54.9. The number of nitrogens with zero attached hydrogens (tertiary/aromatic N) is 6. The summed E-state index contributed by atoms with van der Waals surface area (Å²) in [7, 11) is 0. The highest BCUT2D eigenvalue weighted by atomic mass is 35.5. The van der Waals surface area contributed by atoms with E-state index >= 15 is 0 Å². The molecule has 0 saturated carbocycles. The molecule has 0 fully saturated rings. The second-order valence-corrected chi connectivity index (χ2v) is 16.7. The number of carbonyl (C=O) groups excluding carboxylic acids is 4. The Morgan fingerprint density at radius 1 is 0.689 bits per heavy atom. The molecule has 378 valence electrons. The number of aromatic nitrogens is 4. The van der Waals surface area contributed by atoms with Gasteiger partial charge >= 0.3 is 12.2 Å². The maximum atomic E-state index is 14.7. The van der Waals surface area contributed by atoms with E-state index in [4.69, 9.17) is 48.9 Å². The molecule has 23 heteroatoms. The van der Waals surface area contributed by atoms with Gasteiger partial charge in [-0.25, -0.2) is 46.7 Å². The molecule has 9 rings (SSSR count). The van der Waals surface area contributed by atoms with Crippen molar-refractivity contribution >= 4 is 71.0 Å². The van der Waals surface area contributed by atoms with Crippen LogP contribution in [0.25, 0.3) is 0 Å². The lowest BCUT2D eigenvalue weighted by molar-refractivity contribution is 0.101. The van der Waals surface area contributed by atoms with Gasteiger partial charge in [-0.3, -0.25) is 9.59 Å². The molecule has 2 atom stereocenters. The van der Waals surface area contributed by atoms with Crippen LogP contribution in [0.3, 0.4) is 0 Å². The lowest BCUT2D eigenvalue weighted by Gasteiger charge is -2.16. The van der Waals surface area contributed by atoms with Gasteiger partial charge in [0, 0.05) is 52.1 Å². The number of alkyl carbamates (subject to hydrolysis) is 1. The minimum absolute atomic E-state index is 0. The first-order chi connectivity index (χ1) is 35.1. The second-order valence-electron chi connectivity index (χ2n) is 15.9. The molecule has 0 aliphatic heterocycles. The fourth-order valence-corrected chi connectivity index (χ4v) is 8.09. The summed E-state index contributed by atoms with van der Waals surface area (Å²) in [6.45, 7) is -0.140. The lowest BCUT2D eigenvalue weighted by atomic mass is 10.0. The van der Waals surface area contributed by atoms with Gasteiger partial charge < -0.3 is 31.2 Å². The SMILES string of the molecule is Cl.N#Cc1cccc(COC(=O)N[C@H]2CCc3c(C(=O)Nc4ccc(F)c(Cl)c4)ccc(F)c32)n1.N#Cc1cccc(COC(=O)n2ccnc2)n1.N[C@H]1CCc2c(C(=O)Nc3ccc(F)c(Cl)c3)ccc(F)c21. The van der Waals surface area contributed by atoms with Crippen LogP contribution in [-0.4, -0.2) is 43.5 Å². The number of ether oxygens (including phenoxy) is 2. The molecule has 3 amide bonds. The Morgan fingerprint density at radius 3 is 1.70 bits per heavy atom. The number of rotatable bonds is 9. The number of fused-ring (bicyclic) bond motifs is 2. The molecule has 0 unspecified atom stereocenters. The van der Waals surface area contributed by atoms with Crippen LogP contribution >= 0.6 is 35.6 Å². The molecule has 4 aromatic carbocycles. The van der Waals surface area contributed by atoms with Gasteiger partial charge in [-0.05, 0) is 122 Å². The van der Waals surface area contributed by atoms with Gasteiger partial charge in [-0.2, -0.15) is 10.5 Å². The Morgan fingerprint density at radius 2 is 1.19 bits per heavy atom. The number of imidazole rings is 1. The Bertz CT molecular complexity index is 3320. The van der Waals surface area contributed by atoms with Crippen LogP contribution in [0.15, 0.2) is 116 Å². The Balaban J connectivity index is 0.000000192. The number of hydrogen-bond acceptors (Lipinski definition) is 12. The summed E-state index contributed by atoms with van der Waals surface area (Å²) in [6.07, 6.45) is 4.90. The standard InChI is InChI=1S/C24H17ClF2N4O3.C16H13ClF2N2O.C11H8N4O2.ClH/c25-18-10-13(4-7-19(18)26)30-23(32)17-5-8-20(27)22-16(17)6-9-21(22)31-24(33)34-12-15-3-1-2-14(11-28)29-15;17-11-7-8(1-4-12(11)18)21-16(22)10-2-5-13(19)15-9(10)3-6-14(15)20;12-6-9-2-1-3-10(14-9)7-17-11(16)15-5-4-13-8-15;/h1-5,7-8,10,21H,6,9,12H2,(H,30,32)(H,31,33);1-2,4-5,7,14H,3,6,20H2,(H,21,22);1-5,8H,7H2;1H/t21-;14-;;/m00../s1. The van der Waals surface area contributed by atoms with Crippen LogP contribution in [-0.2, 0) is 35.5 Å². The van der Waals surface area contributed by atoms with Gasteiger partial charge in [0.1, 0.15) is 66.3 Å². The first-order valence-electron chi connectivity index (χ1n) is 21.8. The predicted octanol–water partition coefficient (Wildman–Crippen LogP) is 10.6. The normalized spacial score (nSPS) is 13.6. The zero-order chi connectivity index (χ0) is 52.2. The number of nitriles is 2. The van der Waals surface area contributed by atoms with Gasteiger partial charge in [-0.1, -0.05) is 35.3 Å². The number of nitrogens with two attached hydrogens (primary N) is 1. The van der Waals surface area contributed by atoms with Crippen molar-refractivity contribution in [1.29, 1.82) is 10.5 Å². The van der Waals surface area contributed by atoms with Gasteiger partial charge in [-0.15, -0.1) is 12.4 Å². The molecule has 5 N–H and O–H groups in total. The zero-order valence-electron chi connectivity index (χ0n) is 38.3. The van der Waals surface area contributed by atoms with Crippen molar-refractivity contribution in [2.24, 2.45) is 5.73 Å². The quantitative estimate of drug-likeness (QED) is 0.0988. The van der Waals surface area contributed by atoms with E-state index in [1.807, 2.05) is 12.1 Å². The summed E-state index contributed by atoms with van der Waals surface area (Å²) in [5, 5.41) is 25.2. The number of nitrogens with one attached hydrogen (secondary N) is 3. The molecule has 0 radical (unpaired) electrons. The molecule has 74 heavy (non-hydrogen) atoms. The van der Waals surface area contributed by atoms with E-state index in [1.165, 1.54) is 77.9 Å². The summed E-state index contributed by atoms with van der Waals surface area (Å²) in [5.41, 5.74) is 10.3. The number of halogens is 7. The molecule has 7 aromatic rings. The number of amides is 3. The van der Waals surface area contributed by atoms with Crippen LogP contribution in [0.1, 0.15) is 90.7 Å². The van der Waals surface area contributed by atoms with Crippen molar-refractivity contribution in [2.45, 2.75) is 51.0 Å². The third-order valence-corrected chi connectivity index (χ3v) is 11.7. The minimum atomic E-state index is -0.780. The third-order valence-electron chi connectivity index (χ3n) is 11.1. The van der Waals surface area contributed by atoms with Gasteiger partial charge in [0.15, 0.2) is 0 Å². The largest absolute Gasteiger partial charge is 0.443 e. The molecule has 0 spiro atoms. The van der Waals surface area contributed by atoms with Gasteiger partial charge in [0.05, 0.1) is 27.5 Å². The Hall–Kier alpha value is -8.40. The van der Waals surface area contributed by atoms with Crippen LogP contribution in [0, 0.1) is 45.9 Å². The lowest BCUT2D eigenvalue weighted by Crippen LogP contribution is -2.28. The highest BCUT2D eigenvalue weighted by Crippen LogP contribution is 2.37. The minimum Gasteiger partial charge on any atom is -0.443 e. The van der Waals surface area contributed by atoms with Crippen molar-refractivity contribution in [3.05, 3.63) is 205 Å². The highest BCUT2D eigenvalue weighted by Gasteiger charge is 2.32. The Labute approximate surface area is 435 Å². The molecule has 0 bridgehead atoms. The third kappa shape index (κ3) is 13.8. The van der Waals surface area contributed by atoms with E-state index in [2.05, 4.69) is 30.9 Å². The fourth-order valence-electron chi connectivity index (χ4n) is 7.73. The smallest absolute Gasteiger partial charge is 0.419 e. The monoisotopic (exact) mass is 1070 g/mol. The van der Waals surface area contributed by atoms with E-state index in [0.717, 1.165) is 12.1 Å². The molecule has 0 saturated heterocycles.